The van der Waals surface area contributed by atoms with Crippen molar-refractivity contribution < 1.29 is 26.7 Å². The number of benzene rings is 2. The lowest BCUT2D eigenvalue weighted by Gasteiger charge is -2.10. The van der Waals surface area contributed by atoms with Gasteiger partial charge in [0.15, 0.2) is 23.3 Å². The quantitative estimate of drug-likeness (QED) is 0.281. The van der Waals surface area contributed by atoms with Crippen molar-refractivity contribution in [3.05, 3.63) is 70.0 Å². The first kappa shape index (κ1) is 17.7. The summed E-state index contributed by atoms with van der Waals surface area (Å²) in [6.07, 6.45) is 2.34. The van der Waals surface area contributed by atoms with E-state index in [0.29, 0.717) is 10.6 Å². The van der Waals surface area contributed by atoms with Crippen LogP contribution in [0, 0.1) is 29.1 Å². The highest BCUT2D eigenvalue weighted by atomic mass is 35.5. The Balaban J connectivity index is 2.08. The molecule has 0 saturated carbocycles. The number of anilines is 1. The van der Waals surface area contributed by atoms with E-state index < -0.39 is 40.7 Å². The predicted molar refractivity (Wildman–Crippen MR) is 78.5 cm³/mol. The molecule has 0 bridgehead atoms. The second kappa shape index (κ2) is 7.31. The molecule has 0 fully saturated rings. The zero-order chi connectivity index (χ0) is 17.9. The van der Waals surface area contributed by atoms with E-state index in [0.717, 1.165) is 6.08 Å². The molecule has 0 atom stereocenters. The Bertz CT molecular complexity index is 779. The van der Waals surface area contributed by atoms with Crippen molar-refractivity contribution in [1.82, 2.24) is 5.43 Å². The third-order valence-electron chi connectivity index (χ3n) is 2.82. The van der Waals surface area contributed by atoms with Crippen molar-refractivity contribution in [3.8, 4) is 0 Å². The average Bonchev–Trinajstić information content (AvgIpc) is 2.57. The summed E-state index contributed by atoms with van der Waals surface area (Å²) in [5, 5.41) is 0.490. The summed E-state index contributed by atoms with van der Waals surface area (Å²) in [5.41, 5.74) is 2.71. The zero-order valence-electron chi connectivity index (χ0n) is 11.6. The average molecular weight is 363 g/mol. The maximum atomic E-state index is 13.4. The molecule has 2 N–H and O–H groups in total. The van der Waals surface area contributed by atoms with E-state index in [9.17, 15) is 26.7 Å². The van der Waals surface area contributed by atoms with E-state index in [1.807, 2.05) is 0 Å². The Kier molecular flexibility index (Phi) is 5.40. The molecule has 24 heavy (non-hydrogen) atoms. The van der Waals surface area contributed by atoms with Crippen LogP contribution in [-0.2, 0) is 4.79 Å². The topological polar surface area (TPSA) is 41.1 Å². The Morgan fingerprint density at radius 3 is 1.92 bits per heavy atom. The molecule has 0 heterocycles. The van der Waals surface area contributed by atoms with E-state index in [1.54, 1.807) is 35.1 Å². The SMILES string of the molecule is O=C(/C=C/c1ccc(Cl)cc1)NNc1c(F)c(F)c(F)c(F)c1F. The van der Waals surface area contributed by atoms with E-state index in [-0.39, 0.29) is 0 Å². The van der Waals surface area contributed by atoms with Crippen molar-refractivity contribution in [2.75, 3.05) is 5.43 Å². The highest BCUT2D eigenvalue weighted by Gasteiger charge is 2.25. The second-order valence-corrected chi connectivity index (χ2v) is 4.88. The highest BCUT2D eigenvalue weighted by molar-refractivity contribution is 6.30. The number of carbonyl (C=O) groups is 1. The van der Waals surface area contributed by atoms with Gasteiger partial charge in [-0.3, -0.25) is 15.6 Å². The Morgan fingerprint density at radius 1 is 0.875 bits per heavy atom. The van der Waals surface area contributed by atoms with Crippen molar-refractivity contribution in [3.63, 3.8) is 0 Å². The van der Waals surface area contributed by atoms with Crippen LogP contribution < -0.4 is 10.9 Å². The summed E-state index contributed by atoms with van der Waals surface area (Å²) in [7, 11) is 0. The lowest BCUT2D eigenvalue weighted by molar-refractivity contribution is -0.116. The van der Waals surface area contributed by atoms with Crippen molar-refractivity contribution in [2.24, 2.45) is 0 Å². The molecule has 0 unspecified atom stereocenters. The monoisotopic (exact) mass is 362 g/mol. The fraction of sp³-hybridized carbons (Fsp3) is 0. The smallest absolute Gasteiger partial charge is 0.262 e. The number of hydrogen-bond acceptors (Lipinski definition) is 2. The first-order chi connectivity index (χ1) is 11.3. The van der Waals surface area contributed by atoms with Gasteiger partial charge in [0, 0.05) is 11.1 Å². The van der Waals surface area contributed by atoms with Crippen molar-refractivity contribution in [2.45, 2.75) is 0 Å². The molecule has 126 valence electrons. The number of hydrazine groups is 1. The minimum absolute atomic E-state index is 0.490. The van der Waals surface area contributed by atoms with Gasteiger partial charge in [-0.1, -0.05) is 23.7 Å². The van der Waals surface area contributed by atoms with E-state index in [2.05, 4.69) is 0 Å². The molecule has 0 spiro atoms. The van der Waals surface area contributed by atoms with Crippen LogP contribution in [0.5, 0.6) is 0 Å². The van der Waals surface area contributed by atoms with Crippen LogP contribution in [0.4, 0.5) is 27.6 Å². The van der Waals surface area contributed by atoms with Gasteiger partial charge in [0.05, 0.1) is 0 Å². The van der Waals surface area contributed by atoms with Gasteiger partial charge < -0.3 is 0 Å². The van der Waals surface area contributed by atoms with Gasteiger partial charge in [-0.15, -0.1) is 0 Å². The van der Waals surface area contributed by atoms with Gasteiger partial charge in [0.1, 0.15) is 5.69 Å². The van der Waals surface area contributed by atoms with Gasteiger partial charge in [-0.05, 0) is 23.8 Å². The molecule has 0 saturated heterocycles. The maximum Gasteiger partial charge on any atom is 0.262 e. The van der Waals surface area contributed by atoms with Gasteiger partial charge in [0.2, 0.25) is 5.82 Å². The summed E-state index contributed by atoms with van der Waals surface area (Å²) in [6, 6.07) is 6.35. The first-order valence-electron chi connectivity index (χ1n) is 6.32. The largest absolute Gasteiger partial charge is 0.293 e. The molecule has 2 aromatic rings. The fourth-order valence-electron chi connectivity index (χ4n) is 1.63. The van der Waals surface area contributed by atoms with E-state index in [4.69, 9.17) is 11.6 Å². The molecular weight excluding hydrogens is 355 g/mol. The Hall–Kier alpha value is -2.61. The van der Waals surface area contributed by atoms with Crippen molar-refractivity contribution >= 4 is 29.3 Å². The van der Waals surface area contributed by atoms with Gasteiger partial charge in [0.25, 0.3) is 5.91 Å². The normalized spacial score (nSPS) is 10.9. The van der Waals surface area contributed by atoms with Crippen LogP contribution in [0.2, 0.25) is 5.02 Å². The van der Waals surface area contributed by atoms with Crippen LogP contribution in [0.15, 0.2) is 30.3 Å². The molecule has 0 radical (unpaired) electrons. The molecule has 9 heteroatoms. The molecule has 0 aromatic heterocycles. The van der Waals surface area contributed by atoms with Crippen molar-refractivity contribution in [1.29, 1.82) is 0 Å². The summed E-state index contributed by atoms with van der Waals surface area (Å²) in [5.74, 6) is -11.6. The van der Waals surface area contributed by atoms with Crippen LogP contribution in [0.25, 0.3) is 6.08 Å². The third-order valence-corrected chi connectivity index (χ3v) is 3.07. The van der Waals surface area contributed by atoms with Crippen LogP contribution >= 0.6 is 11.6 Å². The van der Waals surface area contributed by atoms with Gasteiger partial charge in [-0.25, -0.2) is 22.0 Å². The number of carbonyl (C=O) groups excluding carboxylic acids is 1. The fourth-order valence-corrected chi connectivity index (χ4v) is 1.75. The van der Waals surface area contributed by atoms with Crippen LogP contribution in [0.1, 0.15) is 5.56 Å². The lowest BCUT2D eigenvalue weighted by Crippen LogP contribution is -2.29. The molecule has 0 aliphatic heterocycles. The molecule has 1 amide bonds. The van der Waals surface area contributed by atoms with Gasteiger partial charge in [-0.2, -0.15) is 0 Å². The Labute approximate surface area is 137 Å². The Morgan fingerprint density at radius 2 is 1.38 bits per heavy atom. The number of nitrogens with one attached hydrogen (secondary N) is 2. The minimum Gasteiger partial charge on any atom is -0.293 e. The first-order valence-corrected chi connectivity index (χ1v) is 6.70. The molecule has 0 aliphatic carbocycles. The zero-order valence-corrected chi connectivity index (χ0v) is 12.4. The molecule has 0 aliphatic rings. The number of amides is 1. The molecule has 3 nitrogen and oxygen atoms in total. The summed E-state index contributed by atoms with van der Waals surface area (Å²) < 4.78 is 65.6. The highest BCUT2D eigenvalue weighted by Crippen LogP contribution is 2.26. The lowest BCUT2D eigenvalue weighted by atomic mass is 10.2. The summed E-state index contributed by atoms with van der Waals surface area (Å²) in [4.78, 5) is 11.5. The third kappa shape index (κ3) is 3.83. The summed E-state index contributed by atoms with van der Waals surface area (Å²) in [6.45, 7) is 0. The number of hydrogen-bond donors (Lipinski definition) is 2. The number of halogens is 6. The second-order valence-electron chi connectivity index (χ2n) is 4.44. The summed E-state index contributed by atoms with van der Waals surface area (Å²) >= 11 is 5.69. The van der Waals surface area contributed by atoms with E-state index in [1.165, 1.54) is 6.08 Å². The van der Waals surface area contributed by atoms with E-state index >= 15 is 0 Å². The minimum atomic E-state index is -2.29. The number of rotatable bonds is 4. The standard InChI is InChI=1S/C15H8ClF5N2O/c16-8-4-1-7(2-5-8)3-6-9(24)22-23-15-13(20)11(18)10(17)12(19)14(15)21/h1-6,23H,(H,22,24)/b6-3+. The van der Waals surface area contributed by atoms with Crippen LogP contribution in [-0.4, -0.2) is 5.91 Å². The molecule has 2 aromatic carbocycles. The van der Waals surface area contributed by atoms with Crippen LogP contribution in [0.3, 0.4) is 0 Å². The predicted octanol–water partition coefficient (Wildman–Crippen LogP) is 4.19. The molecule has 2 rings (SSSR count). The van der Waals surface area contributed by atoms with Gasteiger partial charge >= 0.3 is 0 Å². The molecular formula is C15H8ClF5N2O. The maximum absolute atomic E-state index is 13.4.